The van der Waals surface area contributed by atoms with Crippen LogP contribution < -0.4 is 15.0 Å². The van der Waals surface area contributed by atoms with E-state index in [1.165, 1.54) is 0 Å². The Balaban J connectivity index is 1.30. The highest BCUT2D eigenvalue weighted by atomic mass is 16.5. The standard InChI is InChI=1S/C38H43N5O5/c1-4-25(2)36(27-7-13-32(14-8-27)48-22-21-46)40-33-16-10-30(23-26(33)3)39-38(47)29-9-15-34-35(24-29)42-37(41-34)28-5-11-31(12-6-28)43(17-19-44)18-20-45/h5-16,23-25,44-46H,4,17-22H2,1-3H3,(H,39,47)(H,41,42). The fraction of sp³-hybridized carbons (Fsp3) is 0.289. The van der Waals surface area contributed by atoms with Crippen LogP contribution in [0.1, 0.15) is 41.8 Å². The molecular formula is C38H43N5O5. The van der Waals surface area contributed by atoms with Gasteiger partial charge < -0.3 is 35.3 Å². The highest BCUT2D eigenvalue weighted by Crippen LogP contribution is 2.28. The molecule has 10 nitrogen and oxygen atoms in total. The van der Waals surface area contributed by atoms with E-state index in [0.29, 0.717) is 35.9 Å². The highest BCUT2D eigenvalue weighted by Gasteiger charge is 2.15. The summed E-state index contributed by atoms with van der Waals surface area (Å²) in [5.41, 5.74) is 8.20. The molecule has 0 radical (unpaired) electrons. The lowest BCUT2D eigenvalue weighted by Crippen LogP contribution is -2.29. The number of aromatic nitrogens is 2. The minimum Gasteiger partial charge on any atom is -0.491 e. The van der Waals surface area contributed by atoms with Crippen LogP contribution in [0, 0.1) is 12.8 Å². The highest BCUT2D eigenvalue weighted by molar-refractivity contribution is 6.06. The van der Waals surface area contributed by atoms with E-state index < -0.39 is 0 Å². The van der Waals surface area contributed by atoms with Gasteiger partial charge in [0, 0.05) is 35.6 Å². The maximum absolute atomic E-state index is 13.3. The number of ether oxygens (including phenoxy) is 1. The summed E-state index contributed by atoms with van der Waals surface area (Å²) in [6.07, 6.45) is 0.929. The van der Waals surface area contributed by atoms with E-state index >= 15 is 0 Å². The van der Waals surface area contributed by atoms with E-state index in [1.807, 2.05) is 84.6 Å². The van der Waals surface area contributed by atoms with Gasteiger partial charge in [-0.05, 0) is 115 Å². The van der Waals surface area contributed by atoms with Crippen LogP contribution in [-0.2, 0) is 0 Å². The number of nitrogens with one attached hydrogen (secondary N) is 2. The number of carbonyl (C=O) groups excluding carboxylic acids is 1. The Morgan fingerprint density at radius 2 is 1.62 bits per heavy atom. The van der Waals surface area contributed by atoms with Crippen LogP contribution >= 0.6 is 0 Å². The lowest BCUT2D eigenvalue weighted by molar-refractivity contribution is 0.102. The van der Waals surface area contributed by atoms with E-state index in [-0.39, 0.29) is 38.3 Å². The number of anilines is 2. The lowest BCUT2D eigenvalue weighted by Gasteiger charge is -2.22. The summed E-state index contributed by atoms with van der Waals surface area (Å²) in [6.45, 7) is 7.37. The fourth-order valence-electron chi connectivity index (χ4n) is 5.46. The van der Waals surface area contributed by atoms with Crippen molar-refractivity contribution in [2.75, 3.05) is 49.7 Å². The molecule has 5 aromatic rings. The number of hydrogen-bond acceptors (Lipinski definition) is 8. The second kappa shape index (κ2) is 16.2. The Labute approximate surface area is 280 Å². The Kier molecular flexibility index (Phi) is 11.6. The maximum atomic E-state index is 13.3. The van der Waals surface area contributed by atoms with Crippen molar-refractivity contribution in [1.29, 1.82) is 0 Å². The first-order valence-electron chi connectivity index (χ1n) is 16.2. The van der Waals surface area contributed by atoms with Gasteiger partial charge in [0.2, 0.25) is 0 Å². The van der Waals surface area contributed by atoms with Gasteiger partial charge in [-0.2, -0.15) is 0 Å². The average Bonchev–Trinajstić information content (AvgIpc) is 3.54. The number of nitrogens with zero attached hydrogens (tertiary/aromatic N) is 3. The summed E-state index contributed by atoms with van der Waals surface area (Å²) in [4.78, 5) is 28.3. The second-order valence-electron chi connectivity index (χ2n) is 11.7. The summed E-state index contributed by atoms with van der Waals surface area (Å²) in [6, 6.07) is 26.6. The molecule has 48 heavy (non-hydrogen) atoms. The molecule has 5 rings (SSSR count). The Hall–Kier alpha value is -5.03. The molecule has 1 heterocycles. The molecule has 0 spiro atoms. The molecule has 10 heteroatoms. The molecule has 1 atom stereocenters. The Morgan fingerprint density at radius 3 is 2.27 bits per heavy atom. The number of fused-ring (bicyclic) bond motifs is 1. The predicted octanol–water partition coefficient (Wildman–Crippen LogP) is 6.12. The van der Waals surface area contributed by atoms with Crippen LogP contribution in [-0.4, -0.2) is 76.4 Å². The number of amides is 1. The summed E-state index contributed by atoms with van der Waals surface area (Å²) in [5.74, 6) is 1.38. The third kappa shape index (κ3) is 8.27. The first kappa shape index (κ1) is 34.3. The van der Waals surface area contributed by atoms with Crippen LogP contribution in [0.5, 0.6) is 5.75 Å². The molecule has 0 bridgehead atoms. The molecular weight excluding hydrogens is 606 g/mol. The number of rotatable bonds is 15. The minimum absolute atomic E-state index is 0.000256. The topological polar surface area (TPSA) is 143 Å². The van der Waals surface area contributed by atoms with Crippen molar-refractivity contribution in [2.45, 2.75) is 27.2 Å². The molecule has 0 aliphatic heterocycles. The smallest absolute Gasteiger partial charge is 0.255 e. The van der Waals surface area contributed by atoms with Gasteiger partial charge in [-0.15, -0.1) is 0 Å². The van der Waals surface area contributed by atoms with Crippen molar-refractivity contribution in [3.63, 3.8) is 0 Å². The van der Waals surface area contributed by atoms with Crippen LogP contribution in [0.15, 0.2) is 89.9 Å². The summed E-state index contributed by atoms with van der Waals surface area (Å²) in [7, 11) is 0. The number of H-pyrrole nitrogens is 1. The third-order valence-corrected chi connectivity index (χ3v) is 8.27. The van der Waals surface area contributed by atoms with E-state index in [1.54, 1.807) is 12.1 Å². The van der Waals surface area contributed by atoms with Gasteiger partial charge in [0.25, 0.3) is 5.91 Å². The number of imidazole rings is 1. The van der Waals surface area contributed by atoms with Crippen molar-refractivity contribution >= 4 is 39.7 Å². The molecule has 250 valence electrons. The Morgan fingerprint density at radius 1 is 0.917 bits per heavy atom. The normalized spacial score (nSPS) is 12.2. The molecule has 1 amide bonds. The van der Waals surface area contributed by atoms with Crippen LogP contribution in [0.4, 0.5) is 17.1 Å². The summed E-state index contributed by atoms with van der Waals surface area (Å²) in [5, 5.41) is 30.7. The van der Waals surface area contributed by atoms with Gasteiger partial charge in [0.1, 0.15) is 18.2 Å². The van der Waals surface area contributed by atoms with Crippen molar-refractivity contribution in [2.24, 2.45) is 10.9 Å². The minimum atomic E-state index is -0.232. The van der Waals surface area contributed by atoms with E-state index in [9.17, 15) is 15.0 Å². The summed E-state index contributed by atoms with van der Waals surface area (Å²) < 4.78 is 5.51. The number of aliphatic hydroxyl groups excluding tert-OH is 3. The zero-order chi connectivity index (χ0) is 34.0. The first-order valence-corrected chi connectivity index (χ1v) is 16.2. The summed E-state index contributed by atoms with van der Waals surface area (Å²) >= 11 is 0. The van der Waals surface area contributed by atoms with Gasteiger partial charge in [-0.3, -0.25) is 9.79 Å². The number of benzene rings is 4. The van der Waals surface area contributed by atoms with Crippen LogP contribution in [0.2, 0.25) is 0 Å². The lowest BCUT2D eigenvalue weighted by atomic mass is 9.95. The number of aliphatic hydroxyl groups is 3. The zero-order valence-electron chi connectivity index (χ0n) is 27.6. The van der Waals surface area contributed by atoms with Gasteiger partial charge in [-0.1, -0.05) is 13.8 Å². The molecule has 5 N–H and O–H groups in total. The van der Waals surface area contributed by atoms with Gasteiger partial charge in [0.05, 0.1) is 42.3 Å². The predicted molar refractivity (Wildman–Crippen MR) is 192 cm³/mol. The molecule has 0 aliphatic rings. The number of aromatic amines is 1. The first-order chi connectivity index (χ1) is 23.3. The number of carbonyl (C=O) groups is 1. The number of hydrogen-bond donors (Lipinski definition) is 5. The van der Waals surface area contributed by atoms with Crippen molar-refractivity contribution in [1.82, 2.24) is 9.97 Å². The molecule has 0 saturated heterocycles. The van der Waals surface area contributed by atoms with E-state index in [4.69, 9.17) is 19.8 Å². The molecule has 4 aromatic carbocycles. The average molecular weight is 650 g/mol. The molecule has 0 saturated carbocycles. The largest absolute Gasteiger partial charge is 0.491 e. The van der Waals surface area contributed by atoms with Gasteiger partial charge in [0.15, 0.2) is 0 Å². The fourth-order valence-corrected chi connectivity index (χ4v) is 5.46. The molecule has 1 aromatic heterocycles. The Bertz CT molecular complexity index is 1840. The van der Waals surface area contributed by atoms with Crippen molar-refractivity contribution in [3.8, 4) is 17.1 Å². The molecule has 0 aliphatic carbocycles. The van der Waals surface area contributed by atoms with Crippen LogP contribution in [0.3, 0.4) is 0 Å². The molecule has 0 fully saturated rings. The van der Waals surface area contributed by atoms with Crippen LogP contribution in [0.25, 0.3) is 22.4 Å². The maximum Gasteiger partial charge on any atom is 0.255 e. The van der Waals surface area contributed by atoms with E-state index in [2.05, 4.69) is 24.1 Å². The zero-order valence-corrected chi connectivity index (χ0v) is 27.6. The second-order valence-corrected chi connectivity index (χ2v) is 11.7. The number of aliphatic imine (C=N–C) groups is 1. The third-order valence-electron chi connectivity index (χ3n) is 8.27. The SMILES string of the molecule is CCC(C)C(=Nc1ccc(NC(=O)c2ccc3nc(-c4ccc(N(CCO)CCO)cc4)[nH]c3c2)cc1C)c1ccc(OCCO)cc1. The van der Waals surface area contributed by atoms with Gasteiger partial charge >= 0.3 is 0 Å². The quantitative estimate of drug-likeness (QED) is 0.0860. The van der Waals surface area contributed by atoms with Crippen molar-refractivity contribution < 1.29 is 24.9 Å². The van der Waals surface area contributed by atoms with Gasteiger partial charge in [-0.25, -0.2) is 4.98 Å². The monoisotopic (exact) mass is 649 g/mol. The van der Waals surface area contributed by atoms with E-state index in [0.717, 1.165) is 51.2 Å². The van der Waals surface area contributed by atoms with Crippen molar-refractivity contribution in [3.05, 3.63) is 102 Å². The molecule has 1 unspecified atom stereocenters. The number of aryl methyl sites for hydroxylation is 1.